The van der Waals surface area contributed by atoms with Crippen LogP contribution < -0.4 is 10.1 Å². The quantitative estimate of drug-likeness (QED) is 0.569. The van der Waals surface area contributed by atoms with Gasteiger partial charge in [-0.25, -0.2) is 12.8 Å². The van der Waals surface area contributed by atoms with E-state index in [4.69, 9.17) is 9.47 Å². The second-order valence-electron chi connectivity index (χ2n) is 7.25. The standard InChI is InChI=1S/C23H22FN3O5S/c24-20-14-17(7-8-21(20)32-18-4-3-9-25-16-18)15-26-23(28)19-5-1-2-6-22(19)33(29,30)27-10-12-31-13-11-27/h1-9,14,16H,10-13,15H2,(H,26,28). The van der Waals surface area contributed by atoms with Gasteiger partial charge in [0.25, 0.3) is 5.91 Å². The highest BCUT2D eigenvalue weighted by molar-refractivity contribution is 7.89. The molecule has 0 bridgehead atoms. The summed E-state index contributed by atoms with van der Waals surface area (Å²) in [4.78, 5) is 16.7. The summed E-state index contributed by atoms with van der Waals surface area (Å²) in [6.45, 7) is 1.07. The van der Waals surface area contributed by atoms with Gasteiger partial charge < -0.3 is 14.8 Å². The van der Waals surface area contributed by atoms with E-state index in [0.29, 0.717) is 24.5 Å². The number of ether oxygens (including phenoxy) is 2. The molecule has 1 fully saturated rings. The van der Waals surface area contributed by atoms with Crippen LogP contribution in [0.3, 0.4) is 0 Å². The number of halogens is 1. The van der Waals surface area contributed by atoms with Crippen molar-refractivity contribution in [1.82, 2.24) is 14.6 Å². The molecule has 1 amide bonds. The average Bonchev–Trinajstić information content (AvgIpc) is 2.85. The van der Waals surface area contributed by atoms with Crippen LogP contribution in [0, 0.1) is 5.82 Å². The lowest BCUT2D eigenvalue weighted by molar-refractivity contribution is 0.0730. The maximum atomic E-state index is 14.5. The predicted octanol–water partition coefficient (Wildman–Crippen LogP) is 2.96. The smallest absolute Gasteiger partial charge is 0.252 e. The molecule has 1 aliphatic heterocycles. The van der Waals surface area contributed by atoms with Crippen molar-refractivity contribution >= 4 is 15.9 Å². The van der Waals surface area contributed by atoms with Crippen LogP contribution in [0.5, 0.6) is 11.5 Å². The number of hydrogen-bond donors (Lipinski definition) is 1. The molecule has 1 N–H and O–H groups in total. The molecule has 0 spiro atoms. The van der Waals surface area contributed by atoms with E-state index in [1.807, 2.05) is 0 Å². The van der Waals surface area contributed by atoms with Gasteiger partial charge in [0.15, 0.2) is 11.6 Å². The van der Waals surface area contributed by atoms with Gasteiger partial charge >= 0.3 is 0 Å². The Morgan fingerprint density at radius 2 is 1.91 bits per heavy atom. The van der Waals surface area contributed by atoms with E-state index < -0.39 is 21.7 Å². The lowest BCUT2D eigenvalue weighted by Gasteiger charge is -2.26. The fourth-order valence-electron chi connectivity index (χ4n) is 3.35. The number of sulfonamides is 1. The molecule has 0 unspecified atom stereocenters. The number of aromatic nitrogens is 1. The summed E-state index contributed by atoms with van der Waals surface area (Å²) in [5.41, 5.74) is 0.522. The van der Waals surface area contributed by atoms with E-state index in [9.17, 15) is 17.6 Å². The van der Waals surface area contributed by atoms with Gasteiger partial charge in [-0.2, -0.15) is 4.31 Å². The largest absolute Gasteiger partial charge is 0.453 e. The zero-order valence-electron chi connectivity index (χ0n) is 17.6. The second kappa shape index (κ2) is 10.1. The topological polar surface area (TPSA) is 97.8 Å². The Morgan fingerprint density at radius 3 is 2.64 bits per heavy atom. The van der Waals surface area contributed by atoms with Crippen molar-refractivity contribution in [3.63, 3.8) is 0 Å². The van der Waals surface area contributed by atoms with Crippen molar-refractivity contribution < 1.29 is 27.1 Å². The predicted molar refractivity (Wildman–Crippen MR) is 118 cm³/mol. The molecule has 0 atom stereocenters. The molecule has 2 heterocycles. The van der Waals surface area contributed by atoms with Gasteiger partial charge in [-0.3, -0.25) is 9.78 Å². The summed E-state index contributed by atoms with van der Waals surface area (Å²) in [7, 11) is -3.85. The van der Waals surface area contributed by atoms with E-state index in [1.165, 1.54) is 34.8 Å². The Labute approximate surface area is 191 Å². The van der Waals surface area contributed by atoms with Gasteiger partial charge in [0.05, 0.1) is 29.9 Å². The molecular formula is C23H22FN3O5S. The van der Waals surface area contributed by atoms with E-state index in [2.05, 4.69) is 10.3 Å². The number of hydrogen-bond acceptors (Lipinski definition) is 6. The van der Waals surface area contributed by atoms with Gasteiger partial charge in [0, 0.05) is 25.8 Å². The van der Waals surface area contributed by atoms with Gasteiger partial charge in [-0.05, 0) is 42.0 Å². The number of benzene rings is 2. The summed E-state index contributed by atoms with van der Waals surface area (Å²) >= 11 is 0. The third kappa shape index (κ3) is 5.36. The number of nitrogens with one attached hydrogen (secondary N) is 1. The normalized spacial score (nSPS) is 14.6. The highest BCUT2D eigenvalue weighted by Gasteiger charge is 2.30. The molecule has 1 aromatic heterocycles. The van der Waals surface area contributed by atoms with Gasteiger partial charge in [0.2, 0.25) is 10.0 Å². The summed E-state index contributed by atoms with van der Waals surface area (Å²) < 4.78 is 52.5. The number of nitrogens with zero attached hydrogens (tertiary/aromatic N) is 2. The molecule has 2 aromatic carbocycles. The molecule has 4 rings (SSSR count). The monoisotopic (exact) mass is 471 g/mol. The third-order valence-corrected chi connectivity index (χ3v) is 6.99. The fraction of sp³-hybridized carbons (Fsp3) is 0.217. The molecule has 1 saturated heterocycles. The Bertz CT molecular complexity index is 1230. The summed E-state index contributed by atoms with van der Waals surface area (Å²) in [5, 5.41) is 2.66. The molecular weight excluding hydrogens is 449 g/mol. The minimum atomic E-state index is -3.85. The van der Waals surface area contributed by atoms with Crippen molar-refractivity contribution in [3.8, 4) is 11.5 Å². The minimum Gasteiger partial charge on any atom is -0.453 e. The number of rotatable bonds is 7. The lowest BCUT2D eigenvalue weighted by atomic mass is 10.2. The van der Waals surface area contributed by atoms with Gasteiger partial charge in [-0.15, -0.1) is 0 Å². The molecule has 172 valence electrons. The Morgan fingerprint density at radius 1 is 1.12 bits per heavy atom. The maximum absolute atomic E-state index is 14.5. The van der Waals surface area contributed by atoms with Crippen LogP contribution in [0.25, 0.3) is 0 Å². The molecule has 0 saturated carbocycles. The number of morpholine rings is 1. The van der Waals surface area contributed by atoms with Gasteiger partial charge in [0.1, 0.15) is 5.75 Å². The number of pyridine rings is 1. The van der Waals surface area contributed by atoms with E-state index in [1.54, 1.807) is 36.5 Å². The minimum absolute atomic E-state index is 0.00879. The number of amides is 1. The van der Waals surface area contributed by atoms with E-state index >= 15 is 0 Å². The van der Waals surface area contributed by atoms with Crippen LogP contribution in [0.2, 0.25) is 0 Å². The van der Waals surface area contributed by atoms with Crippen LogP contribution in [0.15, 0.2) is 71.9 Å². The Hall–Kier alpha value is -3.34. The summed E-state index contributed by atoms with van der Waals surface area (Å²) in [5.74, 6) is -0.741. The highest BCUT2D eigenvalue weighted by Crippen LogP contribution is 2.25. The molecule has 0 radical (unpaired) electrons. The molecule has 33 heavy (non-hydrogen) atoms. The summed E-state index contributed by atoms with van der Waals surface area (Å²) in [6, 6.07) is 13.7. The van der Waals surface area contributed by atoms with Crippen molar-refractivity contribution in [2.45, 2.75) is 11.4 Å². The fourth-order valence-corrected chi connectivity index (χ4v) is 4.95. The molecule has 0 aliphatic carbocycles. The SMILES string of the molecule is O=C(NCc1ccc(Oc2cccnc2)c(F)c1)c1ccccc1S(=O)(=O)N1CCOCC1. The first kappa shape index (κ1) is 22.8. The highest BCUT2D eigenvalue weighted by atomic mass is 32.2. The van der Waals surface area contributed by atoms with Gasteiger partial charge in [-0.1, -0.05) is 18.2 Å². The Kier molecular flexibility index (Phi) is 6.97. The molecule has 1 aliphatic rings. The van der Waals surface area contributed by atoms with Crippen molar-refractivity contribution in [1.29, 1.82) is 0 Å². The van der Waals surface area contributed by atoms with Crippen molar-refractivity contribution in [2.24, 2.45) is 0 Å². The zero-order valence-corrected chi connectivity index (χ0v) is 18.4. The first-order valence-corrected chi connectivity index (χ1v) is 11.7. The van der Waals surface area contributed by atoms with Crippen molar-refractivity contribution in [3.05, 3.63) is 83.9 Å². The molecule has 8 nitrogen and oxygen atoms in total. The second-order valence-corrected chi connectivity index (χ2v) is 9.16. The van der Waals surface area contributed by atoms with E-state index in [0.717, 1.165) is 0 Å². The third-order valence-electron chi connectivity index (χ3n) is 5.03. The van der Waals surface area contributed by atoms with Crippen LogP contribution in [-0.2, 0) is 21.3 Å². The first-order valence-electron chi connectivity index (χ1n) is 10.3. The van der Waals surface area contributed by atoms with Crippen LogP contribution in [0.1, 0.15) is 15.9 Å². The van der Waals surface area contributed by atoms with Crippen molar-refractivity contribution in [2.75, 3.05) is 26.3 Å². The van der Waals surface area contributed by atoms with Crippen LogP contribution >= 0.6 is 0 Å². The lowest BCUT2D eigenvalue weighted by Crippen LogP contribution is -2.41. The van der Waals surface area contributed by atoms with E-state index in [-0.39, 0.29) is 35.8 Å². The maximum Gasteiger partial charge on any atom is 0.252 e. The molecule has 3 aromatic rings. The first-order chi connectivity index (χ1) is 15.9. The van der Waals surface area contributed by atoms with Crippen LogP contribution in [0.4, 0.5) is 4.39 Å². The Balaban J connectivity index is 1.46. The number of carbonyl (C=O) groups is 1. The van der Waals surface area contributed by atoms with Crippen LogP contribution in [-0.4, -0.2) is 49.9 Å². The average molecular weight is 472 g/mol. The zero-order chi connectivity index (χ0) is 23.3. The number of carbonyl (C=O) groups excluding carboxylic acids is 1. The summed E-state index contributed by atoms with van der Waals surface area (Å²) in [6.07, 6.45) is 3.05. The molecule has 10 heteroatoms.